The molecule has 1 unspecified atom stereocenters. The molecule has 0 radical (unpaired) electrons. The van der Waals surface area contributed by atoms with E-state index < -0.39 is 41.3 Å². The van der Waals surface area contributed by atoms with Crippen molar-refractivity contribution in [2.75, 3.05) is 33.9 Å². The minimum atomic E-state index is -1.12. The van der Waals surface area contributed by atoms with Crippen LogP contribution in [0.3, 0.4) is 0 Å². The van der Waals surface area contributed by atoms with E-state index in [0.717, 1.165) is 44.4 Å². The van der Waals surface area contributed by atoms with Gasteiger partial charge in [-0.05, 0) is 90.3 Å². The number of nitrogens with one attached hydrogen (secondary N) is 2. The number of ether oxygens (including phenoxy) is 2. The molecule has 6 bridgehead atoms. The monoisotopic (exact) mass is 809 g/mol. The van der Waals surface area contributed by atoms with Crippen molar-refractivity contribution in [2.24, 2.45) is 17.1 Å². The fourth-order valence-electron chi connectivity index (χ4n) is 8.57. The number of pyridine rings is 1. The number of phenolic OH excluding ortho intramolecular Hbond substituents is 1. The fraction of sp³-hybridized carbons (Fsp3) is 0.489. The van der Waals surface area contributed by atoms with E-state index in [1.54, 1.807) is 32.5 Å². The van der Waals surface area contributed by atoms with Crippen LogP contribution < -0.4 is 16.5 Å². The SMILES string of the molecule is CCn1c(-c2cnccc2COC)c2c3cc(ccc31)-c1cc(O)cc(c1)C[C@H](NC(=O)C(C(C)C)N(C)C(=O)CCN)C(=O)N1CCC[C@H](N1)C(=O)OCC(C)(C)C2. The topological polar surface area (TPSA) is 181 Å². The van der Waals surface area contributed by atoms with Gasteiger partial charge in [0.15, 0.2) is 0 Å². The number of amides is 3. The molecule has 2 aliphatic rings. The first-order valence-corrected chi connectivity index (χ1v) is 20.6. The summed E-state index contributed by atoms with van der Waals surface area (Å²) in [7, 11) is 3.24. The minimum absolute atomic E-state index is 0.00310. The number of aromatic nitrogens is 2. The molecular weight excluding hydrogens is 751 g/mol. The standard InChI is InChI=1S/C45H59N7O7/c1-8-51-38-12-11-29-22-33(38)34(41(51)35-24-47-16-14-30(35)25-58-7)23-45(4,5)26-59-44(57)36-10-9-17-52(49-36)43(56)37(20-28-18-31(29)21-32(53)19-28)48-42(55)40(27(2)3)50(6)39(54)13-15-46/h11-12,14,16,18-19,21-22,24,27,36-37,40,49,53H,8-10,13,15,17,20,23,25-26,46H2,1-7H3,(H,48,55)/t36-,37-,40?/m0/s1. The summed E-state index contributed by atoms with van der Waals surface area (Å²) < 4.78 is 14.0. The number of carbonyl (C=O) groups is 4. The van der Waals surface area contributed by atoms with E-state index in [1.807, 2.05) is 38.2 Å². The molecule has 5 N–H and O–H groups in total. The van der Waals surface area contributed by atoms with Gasteiger partial charge in [0.1, 0.15) is 23.9 Å². The van der Waals surface area contributed by atoms with Gasteiger partial charge in [-0.1, -0.05) is 39.8 Å². The third-order valence-electron chi connectivity index (χ3n) is 11.4. The van der Waals surface area contributed by atoms with E-state index in [2.05, 4.69) is 53.2 Å². The Morgan fingerprint density at radius 3 is 2.64 bits per heavy atom. The molecule has 3 amide bonds. The molecule has 4 heterocycles. The summed E-state index contributed by atoms with van der Waals surface area (Å²) in [6.45, 7) is 11.6. The third kappa shape index (κ3) is 9.45. The number of hydrazine groups is 1. The Morgan fingerprint density at radius 2 is 1.93 bits per heavy atom. The lowest BCUT2D eigenvalue weighted by molar-refractivity contribution is -0.155. The molecule has 0 spiro atoms. The number of fused-ring (bicyclic) bond motifs is 6. The molecule has 4 aromatic rings. The summed E-state index contributed by atoms with van der Waals surface area (Å²) >= 11 is 0. The zero-order valence-corrected chi connectivity index (χ0v) is 35.3. The maximum atomic E-state index is 14.5. The number of aromatic hydroxyl groups is 1. The van der Waals surface area contributed by atoms with E-state index in [0.29, 0.717) is 44.5 Å². The summed E-state index contributed by atoms with van der Waals surface area (Å²) in [4.78, 5) is 61.2. The van der Waals surface area contributed by atoms with Crippen LogP contribution >= 0.6 is 0 Å². The molecule has 14 nitrogen and oxygen atoms in total. The number of hydrogen-bond donors (Lipinski definition) is 4. The highest BCUT2D eigenvalue weighted by atomic mass is 16.5. The van der Waals surface area contributed by atoms with Gasteiger partial charge in [0, 0.05) is 80.9 Å². The Morgan fingerprint density at radius 1 is 1.15 bits per heavy atom. The van der Waals surface area contributed by atoms with Crippen LogP contribution in [0.25, 0.3) is 33.3 Å². The molecule has 1 saturated heterocycles. The van der Waals surface area contributed by atoms with Crippen LogP contribution in [0.1, 0.15) is 70.6 Å². The summed E-state index contributed by atoms with van der Waals surface area (Å²) in [5, 5.41) is 16.6. The number of esters is 1. The van der Waals surface area contributed by atoms with Crippen LogP contribution in [0, 0.1) is 11.3 Å². The molecule has 6 rings (SSSR count). The molecule has 2 aromatic heterocycles. The normalized spacial score (nSPS) is 19.0. The first-order valence-electron chi connectivity index (χ1n) is 20.6. The average Bonchev–Trinajstić information content (AvgIpc) is 3.50. The minimum Gasteiger partial charge on any atom is -0.508 e. The van der Waals surface area contributed by atoms with Gasteiger partial charge in [0.2, 0.25) is 11.8 Å². The Bertz CT molecular complexity index is 2200. The number of rotatable bonds is 10. The predicted molar refractivity (Wildman–Crippen MR) is 226 cm³/mol. The van der Waals surface area contributed by atoms with Crippen molar-refractivity contribution in [1.29, 1.82) is 0 Å². The Labute approximate surface area is 346 Å². The van der Waals surface area contributed by atoms with Gasteiger partial charge in [-0.3, -0.25) is 29.2 Å². The van der Waals surface area contributed by atoms with Crippen LogP contribution in [0.15, 0.2) is 54.9 Å². The van der Waals surface area contributed by atoms with Crippen molar-refractivity contribution >= 4 is 34.6 Å². The summed E-state index contributed by atoms with van der Waals surface area (Å²) in [6.07, 6.45) is 5.28. The van der Waals surface area contributed by atoms with Gasteiger partial charge in [0.25, 0.3) is 5.91 Å². The number of nitrogens with two attached hydrogens (primary N) is 1. The first kappa shape index (κ1) is 43.3. The van der Waals surface area contributed by atoms with Crippen molar-refractivity contribution in [2.45, 2.75) is 98.0 Å². The first-order chi connectivity index (χ1) is 28.2. The number of carbonyl (C=O) groups excluding carboxylic acids is 4. The maximum Gasteiger partial charge on any atom is 0.324 e. The van der Waals surface area contributed by atoms with E-state index in [1.165, 1.54) is 9.91 Å². The van der Waals surface area contributed by atoms with Crippen LogP contribution in [-0.2, 0) is 54.6 Å². The Balaban J connectivity index is 1.50. The molecular formula is C45H59N7O7. The Hall–Kier alpha value is -5.31. The van der Waals surface area contributed by atoms with Crippen LogP contribution in [0.5, 0.6) is 5.75 Å². The fourth-order valence-corrected chi connectivity index (χ4v) is 8.57. The zero-order valence-electron chi connectivity index (χ0n) is 35.3. The molecule has 316 valence electrons. The lowest BCUT2D eigenvalue weighted by Gasteiger charge is -2.36. The number of aryl methyl sites for hydroxylation is 1. The lowest BCUT2D eigenvalue weighted by atomic mass is 9.84. The molecule has 1 fully saturated rings. The van der Waals surface area contributed by atoms with E-state index in [9.17, 15) is 24.3 Å². The number of likely N-dealkylation sites (N-methyl/N-ethyl adjacent to an activating group) is 1. The molecule has 2 aliphatic heterocycles. The maximum absolute atomic E-state index is 14.5. The van der Waals surface area contributed by atoms with Crippen LogP contribution in [0.2, 0.25) is 0 Å². The van der Waals surface area contributed by atoms with Crippen molar-refractivity contribution in [3.05, 3.63) is 71.5 Å². The van der Waals surface area contributed by atoms with Crippen LogP contribution in [-0.4, -0.2) is 100 Å². The number of phenols is 1. The van der Waals surface area contributed by atoms with E-state index in [-0.39, 0.29) is 43.6 Å². The molecule has 0 saturated carbocycles. The molecule has 14 heteroatoms. The number of cyclic esters (lactones) is 1. The molecule has 2 aromatic carbocycles. The van der Waals surface area contributed by atoms with Crippen molar-refractivity contribution in [3.8, 4) is 28.1 Å². The van der Waals surface area contributed by atoms with Gasteiger partial charge >= 0.3 is 5.97 Å². The van der Waals surface area contributed by atoms with Gasteiger partial charge in [-0.25, -0.2) is 5.43 Å². The largest absolute Gasteiger partial charge is 0.508 e. The van der Waals surface area contributed by atoms with Gasteiger partial charge in [-0.15, -0.1) is 0 Å². The second-order valence-corrected chi connectivity index (χ2v) is 16.9. The Kier molecular flexibility index (Phi) is 13.4. The summed E-state index contributed by atoms with van der Waals surface area (Å²) in [5.74, 6) is -1.99. The number of benzene rings is 2. The third-order valence-corrected chi connectivity index (χ3v) is 11.4. The molecule has 3 atom stereocenters. The lowest BCUT2D eigenvalue weighted by Crippen LogP contribution is -2.62. The number of hydrogen-bond acceptors (Lipinski definition) is 10. The van der Waals surface area contributed by atoms with Crippen LogP contribution in [0.4, 0.5) is 0 Å². The summed E-state index contributed by atoms with van der Waals surface area (Å²) in [5.41, 5.74) is 15.5. The average molecular weight is 810 g/mol. The van der Waals surface area contributed by atoms with Gasteiger partial charge in [0.05, 0.1) is 18.9 Å². The highest BCUT2D eigenvalue weighted by molar-refractivity contribution is 5.96. The van der Waals surface area contributed by atoms with E-state index >= 15 is 0 Å². The van der Waals surface area contributed by atoms with Gasteiger partial charge < -0.3 is 35.1 Å². The smallest absolute Gasteiger partial charge is 0.324 e. The second kappa shape index (κ2) is 18.3. The van der Waals surface area contributed by atoms with Gasteiger partial charge in [-0.2, -0.15) is 0 Å². The van der Waals surface area contributed by atoms with Crippen molar-refractivity contribution < 1.29 is 33.8 Å². The number of methoxy groups -OCH3 is 1. The second-order valence-electron chi connectivity index (χ2n) is 16.9. The quantitative estimate of drug-likeness (QED) is 0.164. The summed E-state index contributed by atoms with van der Waals surface area (Å²) in [6, 6.07) is 10.6. The van der Waals surface area contributed by atoms with Crippen molar-refractivity contribution in [3.63, 3.8) is 0 Å². The molecule has 59 heavy (non-hydrogen) atoms. The van der Waals surface area contributed by atoms with Crippen molar-refractivity contribution in [1.82, 2.24) is 30.2 Å². The number of nitrogens with zero attached hydrogens (tertiary/aromatic N) is 4. The predicted octanol–water partition coefficient (Wildman–Crippen LogP) is 4.72. The molecule has 0 aliphatic carbocycles. The van der Waals surface area contributed by atoms with E-state index in [4.69, 9.17) is 15.2 Å². The highest BCUT2D eigenvalue weighted by Crippen LogP contribution is 2.41. The zero-order chi connectivity index (χ0) is 42.6. The highest BCUT2D eigenvalue weighted by Gasteiger charge is 2.37.